The molecular formula is C22H23N5O3. The van der Waals surface area contributed by atoms with Gasteiger partial charge in [-0.1, -0.05) is 18.2 Å². The van der Waals surface area contributed by atoms with Crippen molar-refractivity contribution in [1.82, 2.24) is 24.6 Å². The lowest BCUT2D eigenvalue weighted by Gasteiger charge is -2.28. The molecule has 2 aromatic heterocycles. The van der Waals surface area contributed by atoms with E-state index in [1.807, 2.05) is 36.4 Å². The molecule has 30 heavy (non-hydrogen) atoms. The molecule has 1 aliphatic heterocycles. The topological polar surface area (TPSA) is 80.6 Å². The second kappa shape index (κ2) is 8.87. The van der Waals surface area contributed by atoms with Crippen molar-refractivity contribution in [3.63, 3.8) is 0 Å². The fourth-order valence-corrected chi connectivity index (χ4v) is 3.35. The summed E-state index contributed by atoms with van der Waals surface area (Å²) in [6.45, 7) is 2.15. The van der Waals surface area contributed by atoms with Gasteiger partial charge in [-0.05, 0) is 24.3 Å². The van der Waals surface area contributed by atoms with Gasteiger partial charge in [0.05, 0.1) is 31.0 Å². The summed E-state index contributed by atoms with van der Waals surface area (Å²) in [5.41, 5.74) is 2.53. The average Bonchev–Trinajstić information content (AvgIpc) is 3.26. The predicted molar refractivity (Wildman–Crippen MR) is 111 cm³/mol. The number of ether oxygens (including phenoxy) is 1. The number of morpholine rings is 1. The summed E-state index contributed by atoms with van der Waals surface area (Å²) >= 11 is 0. The van der Waals surface area contributed by atoms with Crippen molar-refractivity contribution < 1.29 is 14.3 Å². The van der Waals surface area contributed by atoms with Crippen molar-refractivity contribution in [3.8, 4) is 16.9 Å². The lowest BCUT2D eigenvalue weighted by atomic mass is 10.1. The highest BCUT2D eigenvalue weighted by molar-refractivity contribution is 6.01. The van der Waals surface area contributed by atoms with E-state index in [9.17, 15) is 9.59 Å². The number of para-hydroxylation sites is 1. The molecule has 0 atom stereocenters. The number of amides is 2. The van der Waals surface area contributed by atoms with Gasteiger partial charge in [0, 0.05) is 44.3 Å². The number of carbonyl (C=O) groups is 2. The molecule has 0 N–H and O–H groups in total. The Labute approximate surface area is 174 Å². The van der Waals surface area contributed by atoms with E-state index < -0.39 is 0 Å². The van der Waals surface area contributed by atoms with Crippen LogP contribution in [0.3, 0.4) is 0 Å². The van der Waals surface area contributed by atoms with Gasteiger partial charge in [0.25, 0.3) is 5.91 Å². The molecule has 0 radical (unpaired) electrons. The third kappa shape index (κ3) is 4.23. The normalized spacial score (nSPS) is 13.8. The molecule has 4 rings (SSSR count). The fraction of sp³-hybridized carbons (Fsp3) is 0.273. The molecule has 2 amide bonds. The van der Waals surface area contributed by atoms with E-state index in [-0.39, 0.29) is 18.4 Å². The molecule has 0 unspecified atom stereocenters. The Balaban J connectivity index is 1.62. The fourth-order valence-electron chi connectivity index (χ4n) is 3.35. The highest BCUT2D eigenvalue weighted by atomic mass is 16.5. The van der Waals surface area contributed by atoms with E-state index in [4.69, 9.17) is 4.74 Å². The molecule has 1 aliphatic rings. The SMILES string of the molecule is CN(CC(=O)N1CCOCC1)C(=O)c1cn(-c2ccccc2)nc1-c1cccnc1. The third-order valence-electron chi connectivity index (χ3n) is 4.98. The van der Waals surface area contributed by atoms with Crippen LogP contribution in [0.15, 0.2) is 61.1 Å². The zero-order valence-corrected chi connectivity index (χ0v) is 16.8. The molecule has 8 nitrogen and oxygen atoms in total. The van der Waals surface area contributed by atoms with Crippen molar-refractivity contribution in [2.75, 3.05) is 39.9 Å². The molecule has 0 aliphatic carbocycles. The molecule has 1 fully saturated rings. The van der Waals surface area contributed by atoms with Gasteiger partial charge in [0.15, 0.2) is 0 Å². The number of rotatable bonds is 5. The number of likely N-dealkylation sites (N-methyl/N-ethyl adjacent to an activating group) is 1. The number of hydrogen-bond acceptors (Lipinski definition) is 5. The van der Waals surface area contributed by atoms with E-state index in [0.717, 1.165) is 11.3 Å². The highest BCUT2D eigenvalue weighted by Crippen LogP contribution is 2.24. The van der Waals surface area contributed by atoms with E-state index in [2.05, 4.69) is 10.1 Å². The van der Waals surface area contributed by atoms with Gasteiger partial charge in [-0.2, -0.15) is 5.10 Å². The Hall–Kier alpha value is -3.52. The minimum atomic E-state index is -0.266. The first-order chi connectivity index (χ1) is 14.6. The van der Waals surface area contributed by atoms with Crippen LogP contribution in [-0.4, -0.2) is 76.3 Å². The predicted octanol–water partition coefficient (Wildman–Crippen LogP) is 1.87. The zero-order chi connectivity index (χ0) is 20.9. The number of nitrogens with zero attached hydrogens (tertiary/aromatic N) is 5. The van der Waals surface area contributed by atoms with Crippen molar-refractivity contribution in [2.45, 2.75) is 0 Å². The maximum Gasteiger partial charge on any atom is 0.257 e. The summed E-state index contributed by atoms with van der Waals surface area (Å²) < 4.78 is 6.96. The molecular weight excluding hydrogens is 382 g/mol. The molecule has 3 aromatic rings. The van der Waals surface area contributed by atoms with Crippen LogP contribution in [0.4, 0.5) is 0 Å². The second-order valence-electron chi connectivity index (χ2n) is 7.07. The van der Waals surface area contributed by atoms with Crippen molar-refractivity contribution >= 4 is 11.8 Å². The first-order valence-corrected chi connectivity index (χ1v) is 9.80. The molecule has 154 valence electrons. The standard InChI is InChI=1S/C22H23N5O3/c1-25(16-20(28)26-10-12-30-13-11-26)22(29)19-15-27(18-7-3-2-4-8-18)24-21(19)17-6-5-9-23-14-17/h2-9,14-15H,10-13,16H2,1H3. The van der Waals surface area contributed by atoms with Crippen LogP contribution in [0.5, 0.6) is 0 Å². The first-order valence-electron chi connectivity index (χ1n) is 9.80. The van der Waals surface area contributed by atoms with Crippen LogP contribution in [0, 0.1) is 0 Å². The van der Waals surface area contributed by atoms with Gasteiger partial charge in [-0.25, -0.2) is 4.68 Å². The van der Waals surface area contributed by atoms with Crippen molar-refractivity contribution in [3.05, 3.63) is 66.6 Å². The maximum absolute atomic E-state index is 13.3. The van der Waals surface area contributed by atoms with Crippen LogP contribution in [-0.2, 0) is 9.53 Å². The van der Waals surface area contributed by atoms with Crippen LogP contribution >= 0.6 is 0 Å². The lowest BCUT2D eigenvalue weighted by Crippen LogP contribution is -2.46. The van der Waals surface area contributed by atoms with Gasteiger partial charge in [-0.15, -0.1) is 0 Å². The quantitative estimate of drug-likeness (QED) is 0.647. The van der Waals surface area contributed by atoms with E-state index in [0.29, 0.717) is 37.6 Å². The maximum atomic E-state index is 13.3. The smallest absolute Gasteiger partial charge is 0.257 e. The summed E-state index contributed by atoms with van der Waals surface area (Å²) in [6.07, 6.45) is 5.05. The van der Waals surface area contributed by atoms with Crippen LogP contribution in [0.1, 0.15) is 10.4 Å². The Bertz CT molecular complexity index is 1010. The average molecular weight is 405 g/mol. The summed E-state index contributed by atoms with van der Waals surface area (Å²) in [5.74, 6) is -0.356. The number of benzene rings is 1. The molecule has 1 aromatic carbocycles. The third-order valence-corrected chi connectivity index (χ3v) is 4.98. The van der Waals surface area contributed by atoms with Crippen molar-refractivity contribution in [1.29, 1.82) is 0 Å². The Morgan fingerprint density at radius 2 is 1.87 bits per heavy atom. The van der Waals surface area contributed by atoms with Crippen molar-refractivity contribution in [2.24, 2.45) is 0 Å². The highest BCUT2D eigenvalue weighted by Gasteiger charge is 2.25. The van der Waals surface area contributed by atoms with Crippen LogP contribution in [0.25, 0.3) is 16.9 Å². The number of pyridine rings is 1. The minimum Gasteiger partial charge on any atom is -0.378 e. The number of carbonyl (C=O) groups excluding carboxylic acids is 2. The molecule has 0 spiro atoms. The van der Waals surface area contributed by atoms with Gasteiger partial charge in [-0.3, -0.25) is 14.6 Å². The summed E-state index contributed by atoms with van der Waals surface area (Å²) in [7, 11) is 1.63. The van der Waals surface area contributed by atoms with Crippen LogP contribution < -0.4 is 0 Å². The number of aromatic nitrogens is 3. The summed E-state index contributed by atoms with van der Waals surface area (Å²) in [6, 6.07) is 13.2. The monoisotopic (exact) mass is 405 g/mol. The van der Waals surface area contributed by atoms with E-state index in [1.165, 1.54) is 4.90 Å². The van der Waals surface area contributed by atoms with Gasteiger partial charge in [0.1, 0.15) is 5.69 Å². The largest absolute Gasteiger partial charge is 0.378 e. The molecule has 0 saturated carbocycles. The second-order valence-corrected chi connectivity index (χ2v) is 7.07. The Morgan fingerprint density at radius 3 is 2.57 bits per heavy atom. The number of hydrogen-bond donors (Lipinski definition) is 0. The summed E-state index contributed by atoms with van der Waals surface area (Å²) in [4.78, 5) is 33.1. The minimum absolute atomic E-state index is 0.00182. The Morgan fingerprint density at radius 1 is 1.10 bits per heavy atom. The lowest BCUT2D eigenvalue weighted by molar-refractivity contribution is -0.135. The molecule has 0 bridgehead atoms. The van der Waals surface area contributed by atoms with Gasteiger partial charge >= 0.3 is 0 Å². The van der Waals surface area contributed by atoms with Gasteiger partial charge < -0.3 is 14.5 Å². The van der Waals surface area contributed by atoms with Gasteiger partial charge in [0.2, 0.25) is 5.91 Å². The zero-order valence-electron chi connectivity index (χ0n) is 16.8. The van der Waals surface area contributed by atoms with Crippen LogP contribution in [0.2, 0.25) is 0 Å². The first kappa shape index (κ1) is 19.8. The van der Waals surface area contributed by atoms with E-state index in [1.54, 1.807) is 41.3 Å². The molecule has 1 saturated heterocycles. The Kier molecular flexibility index (Phi) is 5.85. The molecule has 8 heteroatoms. The van der Waals surface area contributed by atoms with E-state index >= 15 is 0 Å². The molecule has 3 heterocycles. The summed E-state index contributed by atoms with van der Waals surface area (Å²) in [5, 5.41) is 4.64.